The monoisotopic (exact) mass is 554 g/mol. The molecule has 0 bridgehead atoms. The van der Waals surface area contributed by atoms with E-state index in [0.717, 1.165) is 28.2 Å². The number of carbonyl (C=O) groups is 2. The summed E-state index contributed by atoms with van der Waals surface area (Å²) in [6.07, 6.45) is 10.5. The summed E-state index contributed by atoms with van der Waals surface area (Å²) in [6.45, 7) is 9.39. The molecule has 3 rings (SSSR count). The third-order valence-electron chi connectivity index (χ3n) is 6.07. The van der Waals surface area contributed by atoms with E-state index in [1.807, 2.05) is 33.9 Å². The van der Waals surface area contributed by atoms with E-state index in [1.54, 1.807) is 11.8 Å². The van der Waals surface area contributed by atoms with Crippen LogP contribution in [0.4, 0.5) is 5.00 Å². The minimum atomic E-state index is -0.651. The number of thiophene rings is 1. The molecule has 2 aromatic rings. The largest absolute Gasteiger partial charge is 0.385 e. The molecule has 0 fully saturated rings. The Morgan fingerprint density at radius 3 is 2.57 bits per heavy atom. The van der Waals surface area contributed by atoms with Crippen molar-refractivity contribution in [2.24, 2.45) is 5.73 Å². The number of hydrogen-bond acceptors (Lipinski definition) is 7. The summed E-state index contributed by atoms with van der Waals surface area (Å²) >= 11 is 1.34. The number of methoxy groups -OCH3 is 1. The van der Waals surface area contributed by atoms with Crippen LogP contribution in [-0.2, 0) is 39.4 Å². The Morgan fingerprint density at radius 1 is 1.24 bits per heavy atom. The molecule has 37 heavy (non-hydrogen) atoms. The average molecular weight is 555 g/mol. The van der Waals surface area contributed by atoms with Gasteiger partial charge in [-0.15, -0.1) is 11.3 Å². The van der Waals surface area contributed by atoms with Gasteiger partial charge in [0.2, 0.25) is 0 Å². The van der Waals surface area contributed by atoms with Gasteiger partial charge in [0, 0.05) is 42.5 Å². The zero-order valence-corrected chi connectivity index (χ0v) is 25.0. The van der Waals surface area contributed by atoms with Crippen LogP contribution < -0.4 is 11.1 Å². The van der Waals surface area contributed by atoms with Crippen LogP contribution in [0.5, 0.6) is 0 Å². The van der Waals surface area contributed by atoms with Gasteiger partial charge in [-0.05, 0) is 64.9 Å². The Labute approximate surface area is 225 Å². The van der Waals surface area contributed by atoms with Crippen molar-refractivity contribution < 1.29 is 23.8 Å². The number of aromatic nitrogens is 2. The van der Waals surface area contributed by atoms with E-state index < -0.39 is 27.1 Å². The van der Waals surface area contributed by atoms with Gasteiger partial charge >= 0.3 is 0 Å². The Balaban J connectivity index is 1.87. The SMILES string of the molecule is COCCCc1cn(COCCS(C)(C)C)nc1C(=O)Nc1sc2c(c1C(N)=O)CC(C)(C)OC2(C)C. The third-order valence-corrected chi connectivity index (χ3v) is 8.92. The van der Waals surface area contributed by atoms with Crippen LogP contribution >= 0.6 is 21.4 Å². The van der Waals surface area contributed by atoms with Crippen molar-refractivity contribution in [1.82, 2.24) is 9.78 Å². The fourth-order valence-corrected chi connectivity index (χ4v) is 6.48. The molecule has 11 heteroatoms. The van der Waals surface area contributed by atoms with Crippen LogP contribution in [0.2, 0.25) is 0 Å². The Kier molecular flexibility index (Phi) is 9.17. The topological polar surface area (TPSA) is 118 Å². The number of nitrogens with zero attached hydrogens (tertiary/aromatic N) is 2. The van der Waals surface area contributed by atoms with Gasteiger partial charge in [-0.3, -0.25) is 9.59 Å². The molecule has 0 radical (unpaired) electrons. The minimum Gasteiger partial charge on any atom is -0.385 e. The van der Waals surface area contributed by atoms with Crippen molar-refractivity contribution in [3.8, 4) is 0 Å². The van der Waals surface area contributed by atoms with Crippen molar-refractivity contribution in [2.45, 2.75) is 64.9 Å². The number of anilines is 1. The van der Waals surface area contributed by atoms with E-state index >= 15 is 0 Å². The predicted octanol–water partition coefficient (Wildman–Crippen LogP) is 4.13. The first-order chi connectivity index (χ1) is 17.1. The Morgan fingerprint density at radius 2 is 1.95 bits per heavy atom. The molecule has 0 atom stereocenters. The maximum absolute atomic E-state index is 13.5. The van der Waals surface area contributed by atoms with Crippen LogP contribution in [0.3, 0.4) is 0 Å². The lowest BCUT2D eigenvalue weighted by Crippen LogP contribution is -2.42. The predicted molar refractivity (Wildman–Crippen MR) is 151 cm³/mol. The molecule has 0 saturated heterocycles. The number of amides is 2. The van der Waals surface area contributed by atoms with Gasteiger partial charge in [0.25, 0.3) is 11.8 Å². The van der Waals surface area contributed by atoms with E-state index in [0.29, 0.717) is 42.3 Å². The molecule has 2 aromatic heterocycles. The molecule has 0 unspecified atom stereocenters. The van der Waals surface area contributed by atoms with Crippen molar-refractivity contribution in [1.29, 1.82) is 0 Å². The number of fused-ring (bicyclic) bond motifs is 1. The second-order valence-electron chi connectivity index (χ2n) is 11.5. The van der Waals surface area contributed by atoms with E-state index in [4.69, 9.17) is 19.9 Å². The van der Waals surface area contributed by atoms with Crippen LogP contribution in [-0.4, -0.2) is 72.0 Å². The number of nitrogens with two attached hydrogens (primary N) is 1. The molecular weight excluding hydrogens is 512 g/mol. The molecule has 0 spiro atoms. The number of primary amides is 1. The first kappa shape index (κ1) is 29.6. The average Bonchev–Trinajstić information content (AvgIpc) is 3.31. The standard InChI is InChI=1S/C26H42N4O5S2/c1-25(2)14-18-19(22(27)31)24(36-21(18)26(3,4)35-25)28-23(32)20-17(10-9-11-33-5)15-30(29-20)16-34-12-13-37(6,7)8/h15H,9-14,16H2,1-8H3,(H2,27,31)(H,28,32). The smallest absolute Gasteiger partial charge is 0.277 e. The van der Waals surface area contributed by atoms with Crippen LogP contribution in [0.1, 0.15) is 71.0 Å². The summed E-state index contributed by atoms with van der Waals surface area (Å²) in [6, 6.07) is 0. The summed E-state index contributed by atoms with van der Waals surface area (Å²) < 4.78 is 19.0. The molecule has 0 aliphatic carbocycles. The first-order valence-corrected chi connectivity index (χ1v) is 16.2. The normalized spacial score (nSPS) is 16.9. The third kappa shape index (κ3) is 7.57. The lowest BCUT2D eigenvalue weighted by molar-refractivity contribution is -0.135. The van der Waals surface area contributed by atoms with Gasteiger partial charge < -0.3 is 25.3 Å². The van der Waals surface area contributed by atoms with Gasteiger partial charge in [0.05, 0.1) is 23.4 Å². The zero-order valence-electron chi connectivity index (χ0n) is 23.4. The first-order valence-electron chi connectivity index (χ1n) is 12.4. The summed E-state index contributed by atoms with van der Waals surface area (Å²) in [7, 11) is 1.00. The lowest BCUT2D eigenvalue weighted by atomic mass is 9.86. The van der Waals surface area contributed by atoms with E-state index in [-0.39, 0.29) is 12.6 Å². The maximum Gasteiger partial charge on any atom is 0.277 e. The molecule has 2 amide bonds. The fraction of sp³-hybridized carbons (Fsp3) is 0.654. The van der Waals surface area contributed by atoms with Gasteiger partial charge in [0.15, 0.2) is 5.69 Å². The minimum absolute atomic E-state index is 0.264. The molecular formula is C26H42N4O5S2. The van der Waals surface area contributed by atoms with Crippen LogP contribution in [0, 0.1) is 0 Å². The van der Waals surface area contributed by atoms with Crippen LogP contribution in [0.25, 0.3) is 0 Å². The van der Waals surface area contributed by atoms with E-state index in [9.17, 15) is 9.59 Å². The van der Waals surface area contributed by atoms with Crippen LogP contribution in [0.15, 0.2) is 6.20 Å². The van der Waals surface area contributed by atoms with E-state index in [2.05, 4.69) is 29.2 Å². The maximum atomic E-state index is 13.5. The molecule has 9 nitrogen and oxygen atoms in total. The number of ether oxygens (including phenoxy) is 3. The summed E-state index contributed by atoms with van der Waals surface area (Å²) in [5, 5.41) is 7.91. The molecule has 208 valence electrons. The number of hydrogen-bond donors (Lipinski definition) is 2. The fourth-order valence-electron chi connectivity index (χ4n) is 4.61. The zero-order chi connectivity index (χ0) is 27.6. The van der Waals surface area contributed by atoms with Crippen molar-refractivity contribution in [3.63, 3.8) is 0 Å². The van der Waals surface area contributed by atoms with Crippen molar-refractivity contribution in [2.75, 3.05) is 50.2 Å². The molecule has 1 aliphatic rings. The number of rotatable bonds is 12. The van der Waals surface area contributed by atoms with Crippen molar-refractivity contribution in [3.05, 3.63) is 33.5 Å². The summed E-state index contributed by atoms with van der Waals surface area (Å²) in [5.41, 5.74) is 7.03. The van der Waals surface area contributed by atoms with E-state index in [1.165, 1.54) is 11.3 Å². The van der Waals surface area contributed by atoms with Gasteiger partial charge in [-0.2, -0.15) is 5.10 Å². The summed E-state index contributed by atoms with van der Waals surface area (Å²) in [4.78, 5) is 26.9. The van der Waals surface area contributed by atoms with Gasteiger partial charge in [0.1, 0.15) is 11.7 Å². The number of aryl methyl sites for hydroxylation is 1. The molecule has 1 aliphatic heterocycles. The summed E-state index contributed by atoms with van der Waals surface area (Å²) in [5.74, 6) is 0.0453. The quantitative estimate of drug-likeness (QED) is 0.381. The second kappa shape index (κ2) is 11.4. The molecule has 0 saturated carbocycles. The van der Waals surface area contributed by atoms with Gasteiger partial charge in [-0.1, -0.05) is 0 Å². The highest BCUT2D eigenvalue weighted by molar-refractivity contribution is 8.32. The highest BCUT2D eigenvalue weighted by Crippen LogP contribution is 2.48. The van der Waals surface area contributed by atoms with Crippen molar-refractivity contribution >= 4 is 38.2 Å². The lowest BCUT2D eigenvalue weighted by Gasteiger charge is -2.41. The van der Waals surface area contributed by atoms with Gasteiger partial charge in [-0.25, -0.2) is 14.7 Å². The molecule has 3 N–H and O–H groups in total. The number of carbonyl (C=O) groups excluding carboxylic acids is 2. The molecule has 0 aromatic carbocycles. The highest BCUT2D eigenvalue weighted by atomic mass is 32.3. The second-order valence-corrected chi connectivity index (χ2v) is 17.1. The Hall–Kier alpha value is -1.92. The Bertz CT molecular complexity index is 1130. The number of nitrogens with one attached hydrogen (secondary N) is 1. The molecule has 3 heterocycles. The highest BCUT2D eigenvalue weighted by Gasteiger charge is 2.43.